The molecule has 270 valence electrons. The summed E-state index contributed by atoms with van der Waals surface area (Å²) in [6, 6.07) is 5.62. The van der Waals surface area contributed by atoms with Crippen LogP contribution in [0.4, 0.5) is 0 Å². The first-order valence-electron chi connectivity index (χ1n) is 19.0. The van der Waals surface area contributed by atoms with Crippen LogP contribution in [-0.2, 0) is 14.3 Å². The first-order chi connectivity index (χ1) is 22.8. The Bertz CT molecular complexity index is 1690. The van der Waals surface area contributed by atoms with Gasteiger partial charge in [0.15, 0.2) is 5.16 Å². The van der Waals surface area contributed by atoms with Gasteiger partial charge in [0.05, 0.1) is 34.0 Å². The van der Waals surface area contributed by atoms with Gasteiger partial charge in [0.1, 0.15) is 6.10 Å². The number of nitrogens with one attached hydrogen (secondary N) is 1. The van der Waals surface area contributed by atoms with Crippen LogP contribution >= 0.6 is 11.8 Å². The van der Waals surface area contributed by atoms with Gasteiger partial charge in [0.25, 0.3) is 5.56 Å². The van der Waals surface area contributed by atoms with Crippen molar-refractivity contribution in [2.24, 2.45) is 45.3 Å². The van der Waals surface area contributed by atoms with E-state index in [0.717, 1.165) is 63.4 Å². The third-order valence-corrected chi connectivity index (χ3v) is 16.4. The van der Waals surface area contributed by atoms with E-state index in [0.29, 0.717) is 33.8 Å². The molecule has 0 radical (unpaired) electrons. The summed E-state index contributed by atoms with van der Waals surface area (Å²) in [4.78, 5) is 33.4. The van der Waals surface area contributed by atoms with Crippen LogP contribution in [0, 0.1) is 52.3 Å². The topological polar surface area (TPSA) is 102 Å². The number of hydrogen-bond acceptors (Lipinski definition) is 7. The monoisotopic (exact) mass is 692 g/mol. The summed E-state index contributed by atoms with van der Waals surface area (Å²) in [6.07, 6.45) is 10.1. The Morgan fingerprint density at radius 3 is 2.45 bits per heavy atom. The van der Waals surface area contributed by atoms with Crippen molar-refractivity contribution in [3.63, 3.8) is 0 Å². The molecule has 2 N–H and O–H groups in total. The molecule has 7 rings (SSSR count). The summed E-state index contributed by atoms with van der Waals surface area (Å²) < 4.78 is 13.2. The fourth-order valence-corrected chi connectivity index (χ4v) is 13.8. The second-order valence-electron chi connectivity index (χ2n) is 19.0. The van der Waals surface area contributed by atoms with E-state index in [-0.39, 0.29) is 68.3 Å². The molecule has 1 aliphatic heterocycles. The molecule has 2 aromatic rings. The van der Waals surface area contributed by atoms with E-state index >= 15 is 0 Å². The number of hydrogen-bond donors (Lipinski definition) is 2. The average Bonchev–Trinajstić information content (AvgIpc) is 3.39. The zero-order valence-electron chi connectivity index (χ0n) is 31.4. The molecule has 8 heteroatoms. The zero-order valence-corrected chi connectivity index (χ0v) is 32.2. The Balaban J connectivity index is 1.06. The number of H-pyrrole nitrogens is 1. The molecule has 2 heterocycles. The number of aryl methyl sites for hydroxylation is 1. The van der Waals surface area contributed by atoms with E-state index in [1.54, 1.807) is 0 Å². The van der Waals surface area contributed by atoms with E-state index in [2.05, 4.69) is 65.4 Å². The van der Waals surface area contributed by atoms with Gasteiger partial charge >= 0.3 is 5.97 Å². The van der Waals surface area contributed by atoms with Gasteiger partial charge in [0, 0.05) is 5.41 Å². The van der Waals surface area contributed by atoms with Gasteiger partial charge in [-0.15, -0.1) is 0 Å². The van der Waals surface area contributed by atoms with Crippen LogP contribution in [0.2, 0.25) is 0 Å². The van der Waals surface area contributed by atoms with Crippen molar-refractivity contribution in [2.45, 2.75) is 155 Å². The summed E-state index contributed by atoms with van der Waals surface area (Å²) in [5.74, 6) is 1.28. The standard InChI is InChI=1S/C41H60N2O5S/c1-24-11-12-27-25(21-24)34(46)43-35(42-27)49-23-32(45)47-31-15-18-38(6)29(37(31,4)5)14-20-39(7)30(38)22-28(44)33-26(13-19-40(33,39)8)41(9)17-10-16-36(2,3)48-41/h11-12,21,26,28-31,33,44H,10,13-20,22-23H2,1-9H3,(H,42,43,46)/t26-,28-,29+,30+,31+,33+,38+,39-,40-,41-/m1/s1. The molecule has 5 fully saturated rings. The largest absolute Gasteiger partial charge is 0.461 e. The number of ether oxygens (including phenoxy) is 2. The fourth-order valence-electron chi connectivity index (χ4n) is 13.1. The molecule has 7 nitrogen and oxygen atoms in total. The summed E-state index contributed by atoms with van der Waals surface area (Å²) in [6.45, 7) is 21.0. The smallest absolute Gasteiger partial charge is 0.316 e. The molecule has 0 unspecified atom stereocenters. The number of aliphatic hydroxyl groups excluding tert-OH is 1. The number of carbonyl (C=O) groups is 1. The predicted octanol–water partition coefficient (Wildman–Crippen LogP) is 8.63. The predicted molar refractivity (Wildman–Crippen MR) is 196 cm³/mol. The fraction of sp³-hybridized carbons (Fsp3) is 0.780. The van der Waals surface area contributed by atoms with Crippen molar-refractivity contribution >= 4 is 28.6 Å². The van der Waals surface area contributed by atoms with Gasteiger partial charge in [-0.3, -0.25) is 9.59 Å². The third-order valence-electron chi connectivity index (χ3n) is 15.5. The maximum atomic E-state index is 13.3. The normalized spacial score (nSPS) is 42.6. The van der Waals surface area contributed by atoms with Crippen LogP contribution in [0.1, 0.15) is 125 Å². The minimum Gasteiger partial charge on any atom is -0.461 e. The highest BCUT2D eigenvalue weighted by Crippen LogP contribution is 2.76. The van der Waals surface area contributed by atoms with Crippen molar-refractivity contribution in [2.75, 3.05) is 5.75 Å². The highest BCUT2D eigenvalue weighted by molar-refractivity contribution is 7.99. The lowest BCUT2D eigenvalue weighted by atomic mass is 9.35. The molecule has 0 spiro atoms. The minimum absolute atomic E-state index is 0.0568. The summed E-state index contributed by atoms with van der Waals surface area (Å²) in [7, 11) is 0. The SMILES string of the molecule is Cc1ccc2nc(SCC(=O)O[C@H]3CC[C@@]4(C)[C@@H](CC[C@]5(C)[C@H]4C[C@@H](O)[C@@H]4[C@H]([C@@]6(C)CCCC(C)(C)O6)CC[C@]45C)C3(C)C)[nH]c(=O)c2c1. The number of nitrogens with zero attached hydrogens (tertiary/aromatic N) is 1. The molecule has 49 heavy (non-hydrogen) atoms. The molecule has 4 saturated carbocycles. The third kappa shape index (κ3) is 5.55. The Morgan fingerprint density at radius 2 is 1.71 bits per heavy atom. The van der Waals surface area contributed by atoms with Gasteiger partial charge in [-0.25, -0.2) is 4.98 Å². The molecule has 10 atom stereocenters. The van der Waals surface area contributed by atoms with E-state index in [1.807, 2.05) is 25.1 Å². The van der Waals surface area contributed by atoms with Crippen LogP contribution < -0.4 is 5.56 Å². The van der Waals surface area contributed by atoms with Gasteiger partial charge in [-0.2, -0.15) is 0 Å². The Kier molecular flexibility index (Phi) is 8.56. The lowest BCUT2D eigenvalue weighted by Gasteiger charge is -2.70. The highest BCUT2D eigenvalue weighted by atomic mass is 32.2. The van der Waals surface area contributed by atoms with E-state index in [9.17, 15) is 14.7 Å². The number of aromatic amines is 1. The highest BCUT2D eigenvalue weighted by Gasteiger charge is 2.72. The van der Waals surface area contributed by atoms with Crippen LogP contribution in [0.15, 0.2) is 28.2 Å². The zero-order chi connectivity index (χ0) is 35.4. The lowest BCUT2D eigenvalue weighted by molar-refractivity contribution is -0.258. The van der Waals surface area contributed by atoms with Crippen LogP contribution in [0.3, 0.4) is 0 Å². The van der Waals surface area contributed by atoms with Crippen molar-refractivity contribution < 1.29 is 19.4 Å². The van der Waals surface area contributed by atoms with Gasteiger partial charge in [0.2, 0.25) is 0 Å². The van der Waals surface area contributed by atoms with Crippen molar-refractivity contribution in [1.82, 2.24) is 9.97 Å². The van der Waals surface area contributed by atoms with Crippen molar-refractivity contribution in [3.05, 3.63) is 34.1 Å². The van der Waals surface area contributed by atoms with Crippen molar-refractivity contribution in [1.29, 1.82) is 0 Å². The second-order valence-corrected chi connectivity index (χ2v) is 20.0. The Morgan fingerprint density at radius 1 is 0.980 bits per heavy atom. The number of thioether (sulfide) groups is 1. The van der Waals surface area contributed by atoms with Crippen molar-refractivity contribution in [3.8, 4) is 0 Å². The Hall–Kier alpha value is -1.90. The van der Waals surface area contributed by atoms with Crippen LogP contribution in [0.25, 0.3) is 10.9 Å². The van der Waals surface area contributed by atoms with E-state index in [1.165, 1.54) is 18.2 Å². The minimum atomic E-state index is -0.327. The van der Waals surface area contributed by atoms with Crippen LogP contribution in [-0.4, -0.2) is 50.2 Å². The summed E-state index contributed by atoms with van der Waals surface area (Å²) in [5.41, 5.74) is 1.20. The van der Waals surface area contributed by atoms with Gasteiger partial charge in [-0.05, 0) is 144 Å². The number of carbonyl (C=O) groups excluding carboxylic acids is 1. The summed E-state index contributed by atoms with van der Waals surface area (Å²) in [5, 5.41) is 13.2. The summed E-state index contributed by atoms with van der Waals surface area (Å²) >= 11 is 1.23. The number of benzene rings is 1. The average molecular weight is 693 g/mol. The Labute approximate surface area is 297 Å². The van der Waals surface area contributed by atoms with Gasteiger partial charge < -0.3 is 19.6 Å². The molecule has 1 saturated heterocycles. The van der Waals surface area contributed by atoms with E-state index < -0.39 is 0 Å². The van der Waals surface area contributed by atoms with E-state index in [4.69, 9.17) is 9.47 Å². The first kappa shape index (κ1) is 35.5. The molecule has 4 aliphatic carbocycles. The molecule has 0 bridgehead atoms. The molecular formula is C41H60N2O5S. The molecule has 1 aromatic heterocycles. The quantitative estimate of drug-likeness (QED) is 0.184. The van der Waals surface area contributed by atoms with Crippen LogP contribution in [0.5, 0.6) is 0 Å². The first-order valence-corrected chi connectivity index (χ1v) is 20.0. The number of fused-ring (bicyclic) bond motifs is 6. The molecule has 0 amide bonds. The molecule has 5 aliphatic rings. The molecule has 1 aromatic carbocycles. The second kappa shape index (κ2) is 11.8. The maximum Gasteiger partial charge on any atom is 0.316 e. The number of aromatic nitrogens is 2. The lowest BCUT2D eigenvalue weighted by Crippen LogP contribution is -2.67. The number of aliphatic hydroxyl groups is 1. The molecular weight excluding hydrogens is 633 g/mol. The maximum absolute atomic E-state index is 13.3. The number of rotatable bonds is 5. The number of esters is 1. The van der Waals surface area contributed by atoms with Gasteiger partial charge in [-0.1, -0.05) is 58.0 Å².